The predicted molar refractivity (Wildman–Crippen MR) is 58.1 cm³/mol. The zero-order valence-corrected chi connectivity index (χ0v) is 8.61. The highest BCUT2D eigenvalue weighted by atomic mass is 32.1. The maximum atomic E-state index is 5.97. The third-order valence-corrected chi connectivity index (χ3v) is 3.39. The maximum absolute atomic E-state index is 5.97. The van der Waals surface area contributed by atoms with Gasteiger partial charge in [-0.2, -0.15) is 0 Å². The smallest absolute Gasteiger partial charge is 0.125 e. The summed E-state index contributed by atoms with van der Waals surface area (Å²) in [6, 6.07) is 4.06. The Labute approximate surface area is 81.4 Å². The SMILES string of the molecule is CCc1sc2nc(C)ccc2c1N. The van der Waals surface area contributed by atoms with Crippen molar-refractivity contribution in [3.63, 3.8) is 0 Å². The third-order valence-electron chi connectivity index (χ3n) is 2.13. The van der Waals surface area contributed by atoms with Crippen LogP contribution in [0, 0.1) is 6.92 Å². The summed E-state index contributed by atoms with van der Waals surface area (Å²) in [6.45, 7) is 4.12. The number of hydrogen-bond donors (Lipinski definition) is 1. The number of nitrogens with two attached hydrogens (primary N) is 1. The van der Waals surface area contributed by atoms with E-state index in [9.17, 15) is 0 Å². The summed E-state index contributed by atoms with van der Waals surface area (Å²) in [7, 11) is 0. The normalized spacial score (nSPS) is 10.9. The van der Waals surface area contributed by atoms with Gasteiger partial charge >= 0.3 is 0 Å². The minimum atomic E-state index is 0.912. The summed E-state index contributed by atoms with van der Waals surface area (Å²) in [6.07, 6.45) is 0.992. The fourth-order valence-electron chi connectivity index (χ4n) is 1.40. The number of pyridine rings is 1. The van der Waals surface area contributed by atoms with Gasteiger partial charge in [-0.25, -0.2) is 4.98 Å². The molecule has 0 aliphatic rings. The molecule has 2 aromatic heterocycles. The van der Waals surface area contributed by atoms with Crippen LogP contribution in [-0.2, 0) is 6.42 Å². The van der Waals surface area contributed by atoms with Crippen molar-refractivity contribution in [2.24, 2.45) is 0 Å². The molecule has 0 saturated heterocycles. The highest BCUT2D eigenvalue weighted by molar-refractivity contribution is 7.19. The van der Waals surface area contributed by atoms with Gasteiger partial charge in [-0.05, 0) is 25.5 Å². The monoisotopic (exact) mass is 192 g/mol. The van der Waals surface area contributed by atoms with Gasteiger partial charge in [0, 0.05) is 16.0 Å². The summed E-state index contributed by atoms with van der Waals surface area (Å²) in [4.78, 5) is 6.75. The van der Waals surface area contributed by atoms with E-state index < -0.39 is 0 Å². The van der Waals surface area contributed by atoms with Crippen molar-refractivity contribution >= 4 is 27.2 Å². The Hall–Kier alpha value is -1.09. The Kier molecular flexibility index (Phi) is 1.96. The molecule has 0 aliphatic heterocycles. The zero-order chi connectivity index (χ0) is 9.42. The molecule has 2 rings (SSSR count). The average Bonchev–Trinajstić information content (AvgIpc) is 2.42. The molecule has 13 heavy (non-hydrogen) atoms. The lowest BCUT2D eigenvalue weighted by Crippen LogP contribution is -1.87. The Bertz CT molecular complexity index is 445. The van der Waals surface area contributed by atoms with Gasteiger partial charge in [0.25, 0.3) is 0 Å². The second-order valence-corrected chi connectivity index (χ2v) is 4.18. The Morgan fingerprint density at radius 2 is 2.23 bits per heavy atom. The molecule has 0 saturated carbocycles. The number of aryl methyl sites for hydroxylation is 2. The lowest BCUT2D eigenvalue weighted by atomic mass is 10.2. The molecule has 0 unspecified atom stereocenters. The van der Waals surface area contributed by atoms with Gasteiger partial charge in [-0.3, -0.25) is 0 Å². The standard InChI is InChI=1S/C10H12N2S/c1-3-8-9(11)7-5-4-6(2)12-10(7)13-8/h4-5H,3,11H2,1-2H3. The topological polar surface area (TPSA) is 38.9 Å². The van der Waals surface area contributed by atoms with E-state index in [0.29, 0.717) is 0 Å². The lowest BCUT2D eigenvalue weighted by molar-refractivity contribution is 1.19. The minimum Gasteiger partial charge on any atom is -0.397 e. The van der Waals surface area contributed by atoms with Crippen LogP contribution >= 0.6 is 11.3 Å². The molecule has 68 valence electrons. The number of fused-ring (bicyclic) bond motifs is 1. The van der Waals surface area contributed by atoms with Crippen LogP contribution in [-0.4, -0.2) is 4.98 Å². The van der Waals surface area contributed by atoms with Gasteiger partial charge in [0.05, 0.1) is 5.69 Å². The highest BCUT2D eigenvalue weighted by Gasteiger charge is 2.07. The number of nitrogen functional groups attached to an aromatic ring is 1. The average molecular weight is 192 g/mol. The molecule has 0 radical (unpaired) electrons. The minimum absolute atomic E-state index is 0.912. The number of anilines is 1. The van der Waals surface area contributed by atoms with Crippen LogP contribution in [0.4, 0.5) is 5.69 Å². The molecule has 3 heteroatoms. The molecular formula is C10H12N2S. The second-order valence-electron chi connectivity index (χ2n) is 3.10. The quantitative estimate of drug-likeness (QED) is 0.754. The van der Waals surface area contributed by atoms with E-state index in [-0.39, 0.29) is 0 Å². The molecule has 0 bridgehead atoms. The van der Waals surface area contributed by atoms with Gasteiger partial charge in [0.2, 0.25) is 0 Å². The fourth-order valence-corrected chi connectivity index (χ4v) is 2.48. The summed E-state index contributed by atoms with van der Waals surface area (Å²) < 4.78 is 0. The number of aromatic nitrogens is 1. The molecule has 0 spiro atoms. The van der Waals surface area contributed by atoms with Crippen LogP contribution in [0.2, 0.25) is 0 Å². The molecule has 0 atom stereocenters. The number of thiophene rings is 1. The number of hydrogen-bond acceptors (Lipinski definition) is 3. The first-order chi connectivity index (χ1) is 6.22. The van der Waals surface area contributed by atoms with Gasteiger partial charge in [0.1, 0.15) is 4.83 Å². The van der Waals surface area contributed by atoms with Crippen molar-refractivity contribution in [1.29, 1.82) is 0 Å². The van der Waals surface area contributed by atoms with Gasteiger partial charge in [-0.15, -0.1) is 11.3 Å². The molecule has 2 N–H and O–H groups in total. The largest absolute Gasteiger partial charge is 0.397 e. The summed E-state index contributed by atoms with van der Waals surface area (Å²) in [5.41, 5.74) is 7.93. The third kappa shape index (κ3) is 1.29. The lowest BCUT2D eigenvalue weighted by Gasteiger charge is -1.93. The molecule has 2 aromatic rings. The van der Waals surface area contributed by atoms with Crippen molar-refractivity contribution in [1.82, 2.24) is 4.98 Å². The van der Waals surface area contributed by atoms with Crippen molar-refractivity contribution in [3.8, 4) is 0 Å². The summed E-state index contributed by atoms with van der Waals surface area (Å²) >= 11 is 1.70. The van der Waals surface area contributed by atoms with Crippen LogP contribution in [0.5, 0.6) is 0 Å². The molecule has 0 fully saturated rings. The zero-order valence-electron chi connectivity index (χ0n) is 7.79. The van der Waals surface area contributed by atoms with E-state index in [2.05, 4.69) is 18.0 Å². The van der Waals surface area contributed by atoms with Gasteiger partial charge in [0.15, 0.2) is 0 Å². The van der Waals surface area contributed by atoms with E-state index in [1.807, 2.05) is 13.0 Å². The number of rotatable bonds is 1. The van der Waals surface area contributed by atoms with Crippen molar-refractivity contribution < 1.29 is 0 Å². The van der Waals surface area contributed by atoms with Crippen LogP contribution in [0.15, 0.2) is 12.1 Å². The van der Waals surface area contributed by atoms with E-state index in [1.165, 1.54) is 4.88 Å². The second kappa shape index (κ2) is 3.00. The Morgan fingerprint density at radius 3 is 2.92 bits per heavy atom. The predicted octanol–water partition coefficient (Wildman–Crippen LogP) is 2.75. The first kappa shape index (κ1) is 8.51. The van der Waals surface area contributed by atoms with Crippen LogP contribution in [0.25, 0.3) is 10.2 Å². The van der Waals surface area contributed by atoms with Crippen molar-refractivity contribution in [2.75, 3.05) is 5.73 Å². The van der Waals surface area contributed by atoms with E-state index in [0.717, 1.165) is 28.0 Å². The van der Waals surface area contributed by atoms with E-state index in [4.69, 9.17) is 5.73 Å². The van der Waals surface area contributed by atoms with E-state index in [1.54, 1.807) is 11.3 Å². The number of nitrogens with zero attached hydrogens (tertiary/aromatic N) is 1. The van der Waals surface area contributed by atoms with Crippen molar-refractivity contribution in [3.05, 3.63) is 22.7 Å². The molecule has 2 nitrogen and oxygen atoms in total. The Balaban J connectivity index is 2.76. The van der Waals surface area contributed by atoms with Crippen LogP contribution in [0.3, 0.4) is 0 Å². The first-order valence-corrected chi connectivity index (χ1v) is 5.18. The summed E-state index contributed by atoms with van der Waals surface area (Å²) in [5, 5.41) is 1.10. The van der Waals surface area contributed by atoms with Crippen LogP contribution in [0.1, 0.15) is 17.5 Å². The van der Waals surface area contributed by atoms with Gasteiger partial charge < -0.3 is 5.73 Å². The maximum Gasteiger partial charge on any atom is 0.125 e. The molecule has 0 aromatic carbocycles. The van der Waals surface area contributed by atoms with Gasteiger partial charge in [-0.1, -0.05) is 6.92 Å². The fraction of sp³-hybridized carbons (Fsp3) is 0.300. The van der Waals surface area contributed by atoms with E-state index >= 15 is 0 Å². The first-order valence-electron chi connectivity index (χ1n) is 4.37. The molecular weight excluding hydrogens is 180 g/mol. The highest BCUT2D eigenvalue weighted by Crippen LogP contribution is 2.32. The van der Waals surface area contributed by atoms with Crippen LogP contribution < -0.4 is 5.73 Å². The molecule has 0 amide bonds. The van der Waals surface area contributed by atoms with Crippen molar-refractivity contribution in [2.45, 2.75) is 20.3 Å². The molecule has 2 heterocycles. The Morgan fingerprint density at radius 1 is 1.46 bits per heavy atom. The summed E-state index contributed by atoms with van der Waals surface area (Å²) in [5.74, 6) is 0. The molecule has 0 aliphatic carbocycles.